The van der Waals surface area contributed by atoms with Gasteiger partial charge in [-0.25, -0.2) is 9.78 Å². The Hall–Kier alpha value is -2.48. The van der Waals surface area contributed by atoms with Gasteiger partial charge >= 0.3 is 5.97 Å². The first kappa shape index (κ1) is 15.4. The van der Waals surface area contributed by atoms with Crippen LogP contribution in [0, 0.1) is 0 Å². The Morgan fingerprint density at radius 2 is 2.13 bits per heavy atom. The van der Waals surface area contributed by atoms with E-state index in [0.717, 1.165) is 48.3 Å². The third-order valence-electron chi connectivity index (χ3n) is 3.75. The fourth-order valence-electron chi connectivity index (χ4n) is 2.58. The molecule has 0 spiro atoms. The number of hydrogen-bond acceptors (Lipinski definition) is 5. The number of nitrogens with one attached hydrogen (secondary N) is 2. The third-order valence-corrected chi connectivity index (χ3v) is 4.60. The lowest BCUT2D eigenvalue weighted by molar-refractivity contribution is 0.0691. The van der Waals surface area contributed by atoms with Gasteiger partial charge in [-0.1, -0.05) is 0 Å². The Balaban J connectivity index is 1.72. The zero-order valence-corrected chi connectivity index (χ0v) is 13.0. The summed E-state index contributed by atoms with van der Waals surface area (Å²) in [5, 5.41) is 13.3. The zero-order valence-electron chi connectivity index (χ0n) is 12.2. The zero-order chi connectivity index (χ0) is 16.4. The minimum absolute atomic E-state index is 0.0501. The summed E-state index contributed by atoms with van der Waals surface area (Å²) in [4.78, 5) is 41.7. The van der Waals surface area contributed by atoms with E-state index in [0.29, 0.717) is 5.01 Å². The number of aryl methyl sites for hydroxylation is 2. The topological polar surface area (TPSA) is 112 Å². The van der Waals surface area contributed by atoms with Gasteiger partial charge in [0.2, 0.25) is 0 Å². The van der Waals surface area contributed by atoms with Crippen LogP contribution in [0.15, 0.2) is 16.2 Å². The Bertz CT molecular complexity index is 824. The fourth-order valence-corrected chi connectivity index (χ4v) is 3.29. The number of carbonyl (C=O) groups is 2. The summed E-state index contributed by atoms with van der Waals surface area (Å²) in [5.41, 5.74) is 1.58. The number of amides is 1. The lowest BCUT2D eigenvalue weighted by Crippen LogP contribution is -2.30. The highest BCUT2D eigenvalue weighted by Gasteiger charge is 2.17. The van der Waals surface area contributed by atoms with Crippen LogP contribution in [0.4, 0.5) is 0 Å². The van der Waals surface area contributed by atoms with Gasteiger partial charge in [0.1, 0.15) is 10.6 Å². The van der Waals surface area contributed by atoms with Gasteiger partial charge in [-0.05, 0) is 37.3 Å². The molecule has 0 aromatic carbocycles. The van der Waals surface area contributed by atoms with Gasteiger partial charge in [0, 0.05) is 11.1 Å². The molecular weight excluding hydrogens is 318 g/mol. The average molecular weight is 333 g/mol. The molecule has 0 unspecified atom stereocenters. The van der Waals surface area contributed by atoms with Crippen LogP contribution in [0.25, 0.3) is 0 Å². The number of aromatic amines is 1. The number of thiazole rings is 1. The molecule has 0 fully saturated rings. The molecule has 1 aliphatic carbocycles. The Kier molecular flexibility index (Phi) is 4.24. The molecule has 0 saturated heterocycles. The van der Waals surface area contributed by atoms with Gasteiger partial charge in [-0.15, -0.1) is 11.3 Å². The van der Waals surface area contributed by atoms with Crippen LogP contribution >= 0.6 is 11.3 Å². The van der Waals surface area contributed by atoms with Gasteiger partial charge in [0.15, 0.2) is 5.69 Å². The molecule has 0 radical (unpaired) electrons. The van der Waals surface area contributed by atoms with Crippen LogP contribution < -0.4 is 10.9 Å². The summed E-state index contributed by atoms with van der Waals surface area (Å²) in [7, 11) is 0. The maximum absolute atomic E-state index is 12.2. The first-order valence-corrected chi connectivity index (χ1v) is 8.13. The van der Waals surface area contributed by atoms with E-state index in [2.05, 4.69) is 15.3 Å². The number of aromatic nitrogens is 2. The van der Waals surface area contributed by atoms with Crippen LogP contribution in [-0.2, 0) is 19.4 Å². The molecule has 2 aromatic heterocycles. The van der Waals surface area contributed by atoms with Gasteiger partial charge in [0.25, 0.3) is 11.5 Å². The second-order valence-corrected chi connectivity index (χ2v) is 6.28. The van der Waals surface area contributed by atoms with Crippen LogP contribution in [0.1, 0.15) is 50.0 Å². The maximum atomic E-state index is 12.2. The SMILES string of the molecule is O=C(O)c1csc(CNC(=O)c2cc3c([nH]c2=O)CCCC3)n1. The first-order chi connectivity index (χ1) is 11.0. The standard InChI is InChI=1S/C15H15N3O4S/c19-13(16-6-12-17-11(7-23-12)15(21)22)9-5-8-3-1-2-4-10(8)18-14(9)20/h5,7H,1-4,6H2,(H,16,19)(H,18,20)(H,21,22). The Morgan fingerprint density at radius 3 is 2.87 bits per heavy atom. The first-order valence-electron chi connectivity index (χ1n) is 7.25. The van der Waals surface area contributed by atoms with Crippen molar-refractivity contribution in [3.63, 3.8) is 0 Å². The summed E-state index contributed by atoms with van der Waals surface area (Å²) in [5.74, 6) is -1.59. The molecule has 0 saturated carbocycles. The number of carboxylic acids is 1. The molecule has 120 valence electrons. The van der Waals surface area contributed by atoms with Crippen molar-refractivity contribution in [2.75, 3.05) is 0 Å². The van der Waals surface area contributed by atoms with Crippen molar-refractivity contribution >= 4 is 23.2 Å². The van der Waals surface area contributed by atoms with Crippen LogP contribution in [0.2, 0.25) is 0 Å². The molecule has 1 amide bonds. The summed E-state index contributed by atoms with van der Waals surface area (Å²) < 4.78 is 0. The van der Waals surface area contributed by atoms with Crippen molar-refractivity contribution in [3.05, 3.63) is 49.3 Å². The van der Waals surface area contributed by atoms with E-state index in [4.69, 9.17) is 5.11 Å². The van der Waals surface area contributed by atoms with E-state index < -0.39 is 17.4 Å². The molecule has 0 atom stereocenters. The molecule has 23 heavy (non-hydrogen) atoms. The van der Waals surface area contributed by atoms with Crippen molar-refractivity contribution in [1.29, 1.82) is 0 Å². The number of carboxylic acid groups (broad SMARTS) is 1. The summed E-state index contributed by atoms with van der Waals surface area (Å²) in [6.07, 6.45) is 3.80. The molecule has 3 rings (SSSR count). The smallest absolute Gasteiger partial charge is 0.355 e. The van der Waals surface area contributed by atoms with E-state index in [9.17, 15) is 14.4 Å². The van der Waals surface area contributed by atoms with E-state index in [1.54, 1.807) is 6.07 Å². The number of pyridine rings is 1. The van der Waals surface area contributed by atoms with E-state index in [1.165, 1.54) is 5.38 Å². The van der Waals surface area contributed by atoms with E-state index >= 15 is 0 Å². The van der Waals surface area contributed by atoms with Crippen LogP contribution in [0.5, 0.6) is 0 Å². The number of nitrogens with zero attached hydrogens (tertiary/aromatic N) is 1. The number of rotatable bonds is 4. The predicted molar refractivity (Wildman–Crippen MR) is 83.9 cm³/mol. The van der Waals surface area contributed by atoms with E-state index in [-0.39, 0.29) is 17.8 Å². The molecule has 1 aliphatic rings. The van der Waals surface area contributed by atoms with E-state index in [1.807, 2.05) is 0 Å². The number of H-pyrrole nitrogens is 1. The van der Waals surface area contributed by atoms with Crippen molar-refractivity contribution < 1.29 is 14.7 Å². The molecule has 8 heteroatoms. The highest BCUT2D eigenvalue weighted by Crippen LogP contribution is 2.18. The van der Waals surface area contributed by atoms with Crippen molar-refractivity contribution in [2.45, 2.75) is 32.2 Å². The maximum Gasteiger partial charge on any atom is 0.355 e. The van der Waals surface area contributed by atoms with Crippen molar-refractivity contribution in [3.8, 4) is 0 Å². The van der Waals surface area contributed by atoms with Gasteiger partial charge in [-0.2, -0.15) is 0 Å². The quantitative estimate of drug-likeness (QED) is 0.781. The summed E-state index contributed by atoms with van der Waals surface area (Å²) in [6, 6.07) is 1.66. The van der Waals surface area contributed by atoms with Gasteiger partial charge < -0.3 is 15.4 Å². The molecular formula is C15H15N3O4S. The van der Waals surface area contributed by atoms with Gasteiger partial charge in [0.05, 0.1) is 6.54 Å². The minimum atomic E-state index is -1.11. The minimum Gasteiger partial charge on any atom is -0.476 e. The molecule has 2 aromatic rings. The highest BCUT2D eigenvalue weighted by molar-refractivity contribution is 7.09. The summed E-state index contributed by atoms with van der Waals surface area (Å²) in [6.45, 7) is 0.0906. The molecule has 0 aliphatic heterocycles. The average Bonchev–Trinajstić information content (AvgIpc) is 3.01. The van der Waals surface area contributed by atoms with Crippen molar-refractivity contribution in [1.82, 2.24) is 15.3 Å². The van der Waals surface area contributed by atoms with Crippen LogP contribution in [-0.4, -0.2) is 27.0 Å². The normalized spacial score (nSPS) is 13.4. The largest absolute Gasteiger partial charge is 0.476 e. The highest BCUT2D eigenvalue weighted by atomic mass is 32.1. The third kappa shape index (κ3) is 3.31. The number of aromatic carboxylic acids is 1. The predicted octanol–water partition coefficient (Wildman–Crippen LogP) is 1.34. The number of hydrogen-bond donors (Lipinski definition) is 3. The summed E-state index contributed by atoms with van der Waals surface area (Å²) >= 11 is 1.15. The molecule has 0 bridgehead atoms. The van der Waals surface area contributed by atoms with Crippen molar-refractivity contribution in [2.24, 2.45) is 0 Å². The Labute approximate surface area is 135 Å². The monoisotopic (exact) mass is 333 g/mol. The van der Waals surface area contributed by atoms with Gasteiger partial charge in [-0.3, -0.25) is 9.59 Å². The molecule has 7 nitrogen and oxygen atoms in total. The molecule has 2 heterocycles. The number of fused-ring (bicyclic) bond motifs is 1. The lowest BCUT2D eigenvalue weighted by atomic mass is 9.95. The van der Waals surface area contributed by atoms with Crippen LogP contribution in [0.3, 0.4) is 0 Å². The Morgan fingerprint density at radius 1 is 1.35 bits per heavy atom. The second kappa shape index (κ2) is 6.33. The second-order valence-electron chi connectivity index (χ2n) is 5.34. The lowest BCUT2D eigenvalue weighted by Gasteiger charge is -2.15. The molecule has 3 N–H and O–H groups in total. The number of carbonyl (C=O) groups excluding carboxylic acids is 1. The fraction of sp³-hybridized carbons (Fsp3) is 0.333.